The van der Waals surface area contributed by atoms with E-state index in [1.807, 2.05) is 50.4 Å². The summed E-state index contributed by atoms with van der Waals surface area (Å²) in [5, 5.41) is 3.34. The molecular formula is C21H22N2O. The van der Waals surface area contributed by atoms with Crippen molar-refractivity contribution in [1.82, 2.24) is 4.90 Å². The molecule has 1 atom stereocenters. The Morgan fingerprint density at radius 3 is 2.54 bits per heavy atom. The number of Topliss-reactive ketones (excluding diaryl/α,β-unsaturated/α-hetero) is 1. The van der Waals surface area contributed by atoms with Crippen molar-refractivity contribution < 1.29 is 4.79 Å². The van der Waals surface area contributed by atoms with Crippen LogP contribution in [-0.4, -0.2) is 23.8 Å². The molecule has 1 aliphatic carbocycles. The summed E-state index contributed by atoms with van der Waals surface area (Å²) in [6.07, 6.45) is 0. The maximum atomic E-state index is 12.6. The van der Waals surface area contributed by atoms with E-state index in [1.54, 1.807) is 0 Å². The van der Waals surface area contributed by atoms with Gasteiger partial charge < -0.3 is 10.2 Å². The minimum Gasteiger partial charge on any atom is -0.374 e. The van der Waals surface area contributed by atoms with Crippen molar-refractivity contribution in [2.75, 3.05) is 12.4 Å². The molecule has 0 aliphatic heterocycles. The number of fused-ring (bicyclic) bond motifs is 1. The van der Waals surface area contributed by atoms with Gasteiger partial charge in [0, 0.05) is 30.5 Å². The first-order valence-electron chi connectivity index (χ1n) is 8.02. The summed E-state index contributed by atoms with van der Waals surface area (Å²) in [5.74, 6) is 0.0834. The number of nitrogens with one attached hydrogen (secondary N) is 1. The highest BCUT2D eigenvalue weighted by atomic mass is 16.1. The molecule has 0 radical (unpaired) electrons. The highest BCUT2D eigenvalue weighted by Gasteiger charge is 2.33. The highest BCUT2D eigenvalue weighted by molar-refractivity contribution is 6.17. The van der Waals surface area contributed by atoms with Gasteiger partial charge in [-0.1, -0.05) is 49.6 Å². The molecule has 1 N–H and O–H groups in total. The Morgan fingerprint density at radius 1 is 1.17 bits per heavy atom. The Morgan fingerprint density at radius 2 is 1.88 bits per heavy atom. The van der Waals surface area contributed by atoms with E-state index < -0.39 is 6.04 Å². The molecule has 1 unspecified atom stereocenters. The molecule has 24 heavy (non-hydrogen) atoms. The van der Waals surface area contributed by atoms with Crippen LogP contribution in [0.25, 0.3) is 5.57 Å². The van der Waals surface area contributed by atoms with Gasteiger partial charge in [0.05, 0.1) is 0 Å². The quantitative estimate of drug-likeness (QED) is 0.890. The third-order valence-corrected chi connectivity index (χ3v) is 4.46. The van der Waals surface area contributed by atoms with E-state index in [1.165, 1.54) is 5.56 Å². The second-order valence-corrected chi connectivity index (χ2v) is 6.30. The zero-order valence-electron chi connectivity index (χ0n) is 14.2. The number of carbonyl (C=O) groups is 1. The Kier molecular flexibility index (Phi) is 4.26. The molecule has 0 heterocycles. The average molecular weight is 318 g/mol. The molecule has 0 saturated heterocycles. The maximum absolute atomic E-state index is 12.6. The molecule has 1 aliphatic rings. The lowest BCUT2D eigenvalue weighted by Crippen LogP contribution is -2.25. The smallest absolute Gasteiger partial charge is 0.190 e. The van der Waals surface area contributed by atoms with Gasteiger partial charge in [-0.3, -0.25) is 4.79 Å². The van der Waals surface area contributed by atoms with E-state index in [0.717, 1.165) is 34.6 Å². The first-order valence-corrected chi connectivity index (χ1v) is 8.02. The van der Waals surface area contributed by atoms with Gasteiger partial charge in [-0.05, 0) is 35.8 Å². The summed E-state index contributed by atoms with van der Waals surface area (Å²) in [6.45, 7) is 10.8. The van der Waals surface area contributed by atoms with Gasteiger partial charge in [0.25, 0.3) is 0 Å². The van der Waals surface area contributed by atoms with Gasteiger partial charge in [0.1, 0.15) is 6.04 Å². The first-order chi connectivity index (χ1) is 11.5. The minimum absolute atomic E-state index is 0.0834. The highest BCUT2D eigenvalue weighted by Crippen LogP contribution is 2.33. The van der Waals surface area contributed by atoms with Crippen molar-refractivity contribution in [1.29, 1.82) is 0 Å². The number of ketones is 1. The summed E-state index contributed by atoms with van der Waals surface area (Å²) in [6, 6.07) is 15.4. The standard InChI is InChI=1S/C21H22N2O/c1-14(2)23(4)13-16-8-7-9-17(12-16)22-20-15(3)18-10-5-6-11-19(18)21(20)24/h5-12,20,22H,1,3,13H2,2,4H3. The number of carbonyl (C=O) groups excluding carboxylic acids is 1. The van der Waals surface area contributed by atoms with Gasteiger partial charge in [0.15, 0.2) is 5.78 Å². The lowest BCUT2D eigenvalue weighted by atomic mass is 10.1. The zero-order valence-corrected chi connectivity index (χ0v) is 14.2. The summed E-state index contributed by atoms with van der Waals surface area (Å²) in [5.41, 5.74) is 5.63. The van der Waals surface area contributed by atoms with Gasteiger partial charge in [-0.2, -0.15) is 0 Å². The molecule has 0 saturated carbocycles. The van der Waals surface area contributed by atoms with Crippen molar-refractivity contribution in [3.8, 4) is 0 Å². The molecule has 3 heteroatoms. The van der Waals surface area contributed by atoms with E-state index in [9.17, 15) is 4.79 Å². The van der Waals surface area contributed by atoms with Crippen molar-refractivity contribution in [3.05, 3.63) is 84.1 Å². The van der Waals surface area contributed by atoms with E-state index >= 15 is 0 Å². The number of anilines is 1. The van der Waals surface area contributed by atoms with E-state index in [0.29, 0.717) is 0 Å². The third-order valence-electron chi connectivity index (χ3n) is 4.46. The molecule has 2 aromatic carbocycles. The lowest BCUT2D eigenvalue weighted by molar-refractivity contribution is 0.0994. The van der Waals surface area contributed by atoms with Crippen LogP contribution in [0.4, 0.5) is 5.69 Å². The van der Waals surface area contributed by atoms with E-state index in [4.69, 9.17) is 0 Å². The van der Waals surface area contributed by atoms with E-state index in [-0.39, 0.29) is 5.78 Å². The van der Waals surface area contributed by atoms with Crippen LogP contribution >= 0.6 is 0 Å². The molecule has 3 nitrogen and oxygen atoms in total. The summed E-state index contributed by atoms with van der Waals surface area (Å²) >= 11 is 0. The fourth-order valence-electron chi connectivity index (χ4n) is 2.93. The monoisotopic (exact) mass is 318 g/mol. The fourth-order valence-corrected chi connectivity index (χ4v) is 2.93. The van der Waals surface area contributed by atoms with Crippen LogP contribution in [-0.2, 0) is 6.54 Å². The molecular weight excluding hydrogens is 296 g/mol. The predicted molar refractivity (Wildman–Crippen MR) is 99.9 cm³/mol. The normalized spacial score (nSPS) is 16.0. The number of hydrogen-bond donors (Lipinski definition) is 1. The van der Waals surface area contributed by atoms with Crippen LogP contribution in [0.1, 0.15) is 28.4 Å². The number of nitrogens with zero attached hydrogens (tertiary/aromatic N) is 1. The second kappa shape index (κ2) is 6.36. The fraction of sp³-hybridized carbons (Fsp3) is 0.190. The van der Waals surface area contributed by atoms with Crippen LogP contribution < -0.4 is 5.32 Å². The Bertz CT molecular complexity index is 787. The first kappa shape index (κ1) is 16.1. The van der Waals surface area contributed by atoms with E-state index in [2.05, 4.69) is 35.5 Å². The second-order valence-electron chi connectivity index (χ2n) is 6.30. The van der Waals surface area contributed by atoms with Crippen LogP contribution in [0.5, 0.6) is 0 Å². The van der Waals surface area contributed by atoms with Crippen molar-refractivity contribution in [2.24, 2.45) is 0 Å². The molecule has 122 valence electrons. The van der Waals surface area contributed by atoms with Crippen LogP contribution in [0, 0.1) is 0 Å². The predicted octanol–water partition coefficient (Wildman–Crippen LogP) is 4.34. The van der Waals surface area contributed by atoms with Crippen LogP contribution in [0.3, 0.4) is 0 Å². The van der Waals surface area contributed by atoms with Crippen LogP contribution in [0.15, 0.2) is 67.4 Å². The summed E-state index contributed by atoms with van der Waals surface area (Å²) in [7, 11) is 2.02. The Balaban J connectivity index is 1.79. The third kappa shape index (κ3) is 2.98. The van der Waals surface area contributed by atoms with Gasteiger partial charge in [-0.25, -0.2) is 0 Å². The maximum Gasteiger partial charge on any atom is 0.190 e. The van der Waals surface area contributed by atoms with Crippen LogP contribution in [0.2, 0.25) is 0 Å². The molecule has 0 spiro atoms. The molecule has 2 aromatic rings. The van der Waals surface area contributed by atoms with Gasteiger partial charge in [-0.15, -0.1) is 0 Å². The molecule has 3 rings (SSSR count). The summed E-state index contributed by atoms with van der Waals surface area (Å²) < 4.78 is 0. The summed E-state index contributed by atoms with van der Waals surface area (Å²) in [4.78, 5) is 14.7. The number of hydrogen-bond acceptors (Lipinski definition) is 3. The zero-order chi connectivity index (χ0) is 17.3. The Hall–Kier alpha value is -2.81. The largest absolute Gasteiger partial charge is 0.374 e. The number of allylic oxidation sites excluding steroid dienone is 1. The molecule has 0 aromatic heterocycles. The number of rotatable bonds is 5. The van der Waals surface area contributed by atoms with Gasteiger partial charge >= 0.3 is 0 Å². The molecule has 0 fully saturated rings. The van der Waals surface area contributed by atoms with Crippen molar-refractivity contribution in [2.45, 2.75) is 19.5 Å². The lowest BCUT2D eigenvalue weighted by Gasteiger charge is -2.20. The van der Waals surface area contributed by atoms with Gasteiger partial charge in [0.2, 0.25) is 0 Å². The van der Waals surface area contributed by atoms with Crippen molar-refractivity contribution >= 4 is 17.0 Å². The minimum atomic E-state index is -0.392. The SMILES string of the molecule is C=C1c2ccccc2C(=O)C1Nc1cccc(CN(C)C(=C)C)c1. The van der Waals surface area contributed by atoms with Crippen molar-refractivity contribution in [3.63, 3.8) is 0 Å². The Labute approximate surface area is 143 Å². The number of benzene rings is 2. The molecule has 0 amide bonds. The average Bonchev–Trinajstić information content (AvgIpc) is 2.81. The topological polar surface area (TPSA) is 32.3 Å². The molecule has 0 bridgehead atoms.